The van der Waals surface area contributed by atoms with Crippen LogP contribution >= 0.6 is 11.6 Å². The second-order valence-electron chi connectivity index (χ2n) is 5.04. The maximum absolute atomic E-state index is 13.0. The van der Waals surface area contributed by atoms with Crippen molar-refractivity contribution in [3.05, 3.63) is 70.2 Å². The van der Waals surface area contributed by atoms with Crippen molar-refractivity contribution >= 4 is 21.4 Å². The summed E-state index contributed by atoms with van der Waals surface area (Å²) in [7, 11) is -5.44. The number of nitrogens with zero attached hydrogens (tertiary/aromatic N) is 1. The molecule has 2 rings (SSSR count). The van der Waals surface area contributed by atoms with Gasteiger partial charge in [-0.25, -0.2) is 8.42 Å². The summed E-state index contributed by atoms with van der Waals surface area (Å²) in [5.41, 5.74) is -4.77. The molecular formula is C16H11ClF3NO2S. The highest BCUT2D eigenvalue weighted by Gasteiger charge is 2.51. The monoisotopic (exact) mass is 373 g/mol. The van der Waals surface area contributed by atoms with Crippen LogP contribution in [0.4, 0.5) is 13.2 Å². The molecule has 126 valence electrons. The first-order valence-electron chi connectivity index (χ1n) is 6.70. The Morgan fingerprint density at radius 1 is 1.04 bits per heavy atom. The minimum atomic E-state index is -5.44. The van der Waals surface area contributed by atoms with Crippen molar-refractivity contribution in [2.24, 2.45) is 0 Å². The van der Waals surface area contributed by atoms with Crippen molar-refractivity contribution in [2.75, 3.05) is 0 Å². The van der Waals surface area contributed by atoms with Crippen LogP contribution in [-0.4, -0.2) is 13.9 Å². The van der Waals surface area contributed by atoms with Gasteiger partial charge in [0, 0.05) is 5.02 Å². The summed E-state index contributed by atoms with van der Waals surface area (Å²) in [6.45, 7) is 0. The fourth-order valence-corrected chi connectivity index (χ4v) is 3.55. The number of benzene rings is 2. The molecule has 24 heavy (non-hydrogen) atoms. The highest BCUT2D eigenvalue weighted by Crippen LogP contribution is 2.38. The Hall–Kier alpha value is -2.04. The number of alkyl halides is 3. The van der Waals surface area contributed by atoms with E-state index in [1.807, 2.05) is 6.07 Å². The maximum atomic E-state index is 13.0. The third kappa shape index (κ3) is 3.89. The molecule has 2 aromatic rings. The number of rotatable bonds is 4. The number of nitriles is 1. The largest absolute Gasteiger partial charge is 0.498 e. The quantitative estimate of drug-likeness (QED) is 0.796. The molecule has 0 aliphatic rings. The number of hydrogen-bond donors (Lipinski definition) is 0. The van der Waals surface area contributed by atoms with E-state index in [0.717, 1.165) is 0 Å². The Bertz CT molecular complexity index is 854. The summed E-state index contributed by atoms with van der Waals surface area (Å²) in [5, 5.41) is 7.35. The van der Waals surface area contributed by atoms with Gasteiger partial charge in [0.15, 0.2) is 0 Å². The highest BCUT2D eigenvalue weighted by atomic mass is 35.5. The van der Waals surface area contributed by atoms with E-state index in [2.05, 4.69) is 0 Å². The second-order valence-corrected chi connectivity index (χ2v) is 7.60. The lowest BCUT2D eigenvalue weighted by Crippen LogP contribution is -2.30. The third-order valence-corrected chi connectivity index (χ3v) is 5.53. The fourth-order valence-electron chi connectivity index (χ4n) is 2.17. The Labute approximate surface area is 142 Å². The second kappa shape index (κ2) is 6.83. The number of hydrogen-bond acceptors (Lipinski definition) is 3. The maximum Gasteiger partial charge on any atom is 0.498 e. The number of sulfone groups is 1. The Morgan fingerprint density at radius 2 is 1.58 bits per heavy atom. The van der Waals surface area contributed by atoms with E-state index in [0.29, 0.717) is 10.6 Å². The summed E-state index contributed by atoms with van der Waals surface area (Å²) in [5.74, 6) is 0. The average Bonchev–Trinajstić information content (AvgIpc) is 2.53. The van der Waals surface area contributed by atoms with Crippen molar-refractivity contribution in [1.82, 2.24) is 0 Å². The van der Waals surface area contributed by atoms with Gasteiger partial charge < -0.3 is 0 Å². The molecular weight excluding hydrogens is 363 g/mol. The van der Waals surface area contributed by atoms with Crippen molar-refractivity contribution in [2.45, 2.75) is 17.2 Å². The molecule has 0 spiro atoms. The Kier molecular flexibility index (Phi) is 5.21. The van der Waals surface area contributed by atoms with Gasteiger partial charge in [0.2, 0.25) is 0 Å². The van der Waals surface area contributed by atoms with Gasteiger partial charge in [0.05, 0.1) is 16.9 Å². The van der Waals surface area contributed by atoms with Crippen LogP contribution < -0.4 is 0 Å². The molecule has 1 atom stereocenters. The summed E-state index contributed by atoms with van der Waals surface area (Å²) in [4.78, 5) is 0. The molecule has 0 aliphatic carbocycles. The standard InChI is InChI=1S/C16H11ClF3NO2S/c17-14-7-3-11(4-8-14)9-15(24(22,23)16(18,19)20)13-5-1-12(10-21)2-6-13/h1-8,15H,9H2. The van der Waals surface area contributed by atoms with E-state index >= 15 is 0 Å². The van der Waals surface area contributed by atoms with Crippen LogP contribution in [0.1, 0.15) is 21.9 Å². The van der Waals surface area contributed by atoms with E-state index in [-0.39, 0.29) is 17.5 Å². The van der Waals surface area contributed by atoms with Gasteiger partial charge in [0.1, 0.15) is 0 Å². The van der Waals surface area contributed by atoms with Gasteiger partial charge in [-0.3, -0.25) is 0 Å². The van der Waals surface area contributed by atoms with Gasteiger partial charge in [-0.15, -0.1) is 0 Å². The SMILES string of the molecule is N#Cc1ccc(C(Cc2ccc(Cl)cc2)S(=O)(=O)C(F)(F)F)cc1. The van der Waals surface area contributed by atoms with Gasteiger partial charge in [-0.2, -0.15) is 18.4 Å². The molecule has 2 aromatic carbocycles. The first-order chi connectivity index (χ1) is 11.1. The molecule has 0 N–H and O–H groups in total. The smallest absolute Gasteiger partial charge is 0.219 e. The summed E-state index contributed by atoms with van der Waals surface area (Å²) in [6, 6.07) is 12.8. The topological polar surface area (TPSA) is 57.9 Å². The van der Waals surface area contributed by atoms with Crippen LogP contribution in [0.15, 0.2) is 48.5 Å². The van der Waals surface area contributed by atoms with Crippen LogP contribution in [0.5, 0.6) is 0 Å². The molecule has 0 bridgehead atoms. The predicted octanol–water partition coefficient (Wildman–Crippen LogP) is 4.43. The van der Waals surface area contributed by atoms with Crippen LogP contribution in [-0.2, 0) is 16.3 Å². The lowest BCUT2D eigenvalue weighted by molar-refractivity contribution is -0.0445. The molecule has 0 heterocycles. The van der Waals surface area contributed by atoms with Crippen LogP contribution in [0.25, 0.3) is 0 Å². The van der Waals surface area contributed by atoms with E-state index in [1.54, 1.807) is 0 Å². The predicted molar refractivity (Wildman–Crippen MR) is 84.0 cm³/mol. The molecule has 0 aliphatic heterocycles. The Morgan fingerprint density at radius 3 is 2.04 bits per heavy atom. The zero-order valence-electron chi connectivity index (χ0n) is 12.1. The van der Waals surface area contributed by atoms with E-state index in [1.165, 1.54) is 48.5 Å². The molecule has 1 unspecified atom stereocenters. The van der Waals surface area contributed by atoms with Gasteiger partial charge in [-0.05, 0) is 41.8 Å². The average molecular weight is 374 g/mol. The first-order valence-corrected chi connectivity index (χ1v) is 8.62. The molecule has 8 heteroatoms. The molecule has 0 fully saturated rings. The normalized spacial score (nSPS) is 13.3. The van der Waals surface area contributed by atoms with Gasteiger partial charge in [-0.1, -0.05) is 35.9 Å². The molecule has 0 aromatic heterocycles. The van der Waals surface area contributed by atoms with Gasteiger partial charge >= 0.3 is 5.51 Å². The molecule has 3 nitrogen and oxygen atoms in total. The van der Waals surface area contributed by atoms with Crippen LogP contribution in [0.3, 0.4) is 0 Å². The summed E-state index contributed by atoms with van der Waals surface area (Å²) in [6.07, 6.45) is -0.356. The summed E-state index contributed by atoms with van der Waals surface area (Å²) >= 11 is 5.73. The van der Waals surface area contributed by atoms with Crippen molar-refractivity contribution < 1.29 is 21.6 Å². The molecule has 0 saturated heterocycles. The minimum absolute atomic E-state index is 0.0266. The third-order valence-electron chi connectivity index (χ3n) is 3.44. The Balaban J connectivity index is 2.48. The lowest BCUT2D eigenvalue weighted by atomic mass is 10.0. The number of halogens is 4. The van der Waals surface area contributed by atoms with Gasteiger partial charge in [0.25, 0.3) is 9.84 Å². The highest BCUT2D eigenvalue weighted by molar-refractivity contribution is 7.92. The van der Waals surface area contributed by atoms with Crippen molar-refractivity contribution in [3.63, 3.8) is 0 Å². The minimum Gasteiger partial charge on any atom is -0.219 e. The lowest BCUT2D eigenvalue weighted by Gasteiger charge is -2.20. The van der Waals surface area contributed by atoms with Crippen LogP contribution in [0, 0.1) is 11.3 Å². The zero-order chi connectivity index (χ0) is 18.0. The molecule has 0 amide bonds. The van der Waals surface area contributed by atoms with E-state index in [9.17, 15) is 21.6 Å². The molecule has 0 radical (unpaired) electrons. The van der Waals surface area contributed by atoms with Crippen molar-refractivity contribution in [3.8, 4) is 6.07 Å². The van der Waals surface area contributed by atoms with E-state index < -0.39 is 20.6 Å². The van der Waals surface area contributed by atoms with E-state index in [4.69, 9.17) is 16.9 Å². The summed E-state index contributed by atoms with van der Waals surface area (Å²) < 4.78 is 63.0. The fraction of sp³-hybridized carbons (Fsp3) is 0.188. The van der Waals surface area contributed by atoms with Crippen LogP contribution in [0.2, 0.25) is 5.02 Å². The van der Waals surface area contributed by atoms with Crippen molar-refractivity contribution in [1.29, 1.82) is 5.26 Å². The first kappa shape index (κ1) is 18.3. The zero-order valence-corrected chi connectivity index (χ0v) is 13.7. The molecule has 0 saturated carbocycles.